The molecule has 252 valence electrons. The Hall–Kier alpha value is -1.30. The van der Waals surface area contributed by atoms with E-state index in [-0.39, 0.29) is 25.8 Å². The maximum absolute atomic E-state index is 12.0. The van der Waals surface area contributed by atoms with E-state index in [1.165, 1.54) is 89.9 Å². The molecule has 43 heavy (non-hydrogen) atoms. The molecule has 2 unspecified atom stereocenters. The molecule has 0 radical (unpaired) electrons. The number of hydrogen-bond donors (Lipinski definition) is 0. The molecular weight excluding hydrogens is 536 g/mol. The summed E-state index contributed by atoms with van der Waals surface area (Å²) >= 11 is 0. The van der Waals surface area contributed by atoms with Crippen LogP contribution in [0.2, 0.25) is 0 Å². The Morgan fingerprint density at radius 2 is 0.791 bits per heavy atom. The Morgan fingerprint density at radius 1 is 0.465 bits per heavy atom. The maximum Gasteiger partial charge on any atom is 0.150 e. The number of hydrogen-bond acceptors (Lipinski definition) is 5. The van der Waals surface area contributed by atoms with Gasteiger partial charge in [-0.15, -0.1) is 0 Å². The van der Waals surface area contributed by atoms with Crippen molar-refractivity contribution in [3.63, 3.8) is 0 Å². The minimum absolute atomic E-state index is 0.0715. The van der Waals surface area contributed by atoms with Crippen LogP contribution in [-0.4, -0.2) is 38.4 Å². The summed E-state index contributed by atoms with van der Waals surface area (Å²) < 4.78 is 18.0. The summed E-state index contributed by atoms with van der Waals surface area (Å²) in [4.78, 5) is 24.0. The smallest absolute Gasteiger partial charge is 0.150 e. The van der Waals surface area contributed by atoms with Crippen molar-refractivity contribution < 1.29 is 23.8 Å². The fourth-order valence-corrected chi connectivity index (χ4v) is 5.40. The van der Waals surface area contributed by atoms with Gasteiger partial charge in [-0.05, 0) is 38.5 Å². The zero-order valence-corrected chi connectivity index (χ0v) is 28.9. The van der Waals surface area contributed by atoms with Crippen molar-refractivity contribution in [2.75, 3.05) is 13.6 Å². The Morgan fingerprint density at radius 3 is 1.12 bits per heavy atom. The fraction of sp³-hybridized carbons (Fsp3) is 0.842. The summed E-state index contributed by atoms with van der Waals surface area (Å²) in [6, 6.07) is 0. The molecule has 0 aliphatic heterocycles. The third-order valence-corrected chi connectivity index (χ3v) is 8.24. The van der Waals surface area contributed by atoms with Crippen LogP contribution >= 0.6 is 0 Å². The quantitative estimate of drug-likeness (QED) is 0.0315. The molecule has 0 spiro atoms. The second-order valence-electron chi connectivity index (χ2n) is 12.2. The van der Waals surface area contributed by atoms with Crippen LogP contribution in [0.3, 0.4) is 0 Å². The van der Waals surface area contributed by atoms with Gasteiger partial charge in [0.05, 0.1) is 12.2 Å². The summed E-state index contributed by atoms with van der Waals surface area (Å²) in [5.41, 5.74) is 1.48. The number of aldehydes is 2. The first-order chi connectivity index (χ1) is 21.2. The molecule has 0 bridgehead atoms. The lowest BCUT2D eigenvalue weighted by Gasteiger charge is -2.21. The lowest BCUT2D eigenvalue weighted by Crippen LogP contribution is -2.22. The van der Waals surface area contributed by atoms with Gasteiger partial charge in [-0.2, -0.15) is 0 Å². The third kappa shape index (κ3) is 25.7. The van der Waals surface area contributed by atoms with Gasteiger partial charge in [0.25, 0.3) is 0 Å². The van der Waals surface area contributed by atoms with Crippen LogP contribution in [0.5, 0.6) is 0 Å². The summed E-state index contributed by atoms with van der Waals surface area (Å²) in [6.45, 7) is 9.04. The van der Waals surface area contributed by atoms with Crippen LogP contribution in [0.1, 0.15) is 182 Å². The summed E-state index contributed by atoms with van der Waals surface area (Å²) in [6.07, 6.45) is 33.0. The van der Waals surface area contributed by atoms with Crippen molar-refractivity contribution in [2.24, 2.45) is 0 Å². The van der Waals surface area contributed by atoms with Crippen LogP contribution in [0.4, 0.5) is 0 Å². The van der Waals surface area contributed by atoms with E-state index in [1.807, 2.05) is 0 Å². The molecule has 0 saturated carbocycles. The lowest BCUT2D eigenvalue weighted by atomic mass is 10.0. The van der Waals surface area contributed by atoms with Crippen LogP contribution in [-0.2, 0) is 23.8 Å². The second kappa shape index (κ2) is 33.6. The number of ether oxygens (including phenoxy) is 3. The largest absolute Gasteiger partial charge is 0.347 e. The van der Waals surface area contributed by atoms with Crippen molar-refractivity contribution in [3.8, 4) is 0 Å². The van der Waals surface area contributed by atoms with Crippen LogP contribution in [0, 0.1) is 0 Å². The van der Waals surface area contributed by atoms with E-state index < -0.39 is 0 Å². The molecule has 0 amide bonds. The van der Waals surface area contributed by atoms with Crippen molar-refractivity contribution >= 4 is 12.6 Å². The molecule has 0 aromatic heterocycles. The minimum Gasteiger partial charge on any atom is -0.347 e. The Kier molecular flexibility index (Phi) is 32.6. The summed E-state index contributed by atoms with van der Waals surface area (Å²) in [5, 5.41) is 0. The van der Waals surface area contributed by atoms with Gasteiger partial charge in [0, 0.05) is 11.1 Å². The predicted octanol–water partition coefficient (Wildman–Crippen LogP) is 11.4. The van der Waals surface area contributed by atoms with Gasteiger partial charge in [-0.3, -0.25) is 9.59 Å². The summed E-state index contributed by atoms with van der Waals surface area (Å²) in [5.74, 6) is 0. The Labute approximate surface area is 267 Å². The number of rotatable bonds is 34. The van der Waals surface area contributed by atoms with E-state index in [2.05, 4.69) is 39.8 Å². The van der Waals surface area contributed by atoms with E-state index in [4.69, 9.17) is 14.2 Å². The van der Waals surface area contributed by atoms with Crippen molar-refractivity contribution in [1.82, 2.24) is 0 Å². The Balaban J connectivity index is 4.99. The van der Waals surface area contributed by atoms with E-state index in [0.717, 1.165) is 87.9 Å². The monoisotopic (exact) mass is 607 g/mol. The van der Waals surface area contributed by atoms with Crippen LogP contribution in [0.15, 0.2) is 23.3 Å². The number of carbonyl (C=O) groups excluding carboxylic acids is 2. The predicted molar refractivity (Wildman–Crippen MR) is 182 cm³/mol. The van der Waals surface area contributed by atoms with Crippen molar-refractivity contribution in [2.45, 2.75) is 194 Å². The molecule has 0 rings (SSSR count). The van der Waals surface area contributed by atoms with Gasteiger partial charge < -0.3 is 14.2 Å². The van der Waals surface area contributed by atoms with Gasteiger partial charge >= 0.3 is 0 Å². The zero-order chi connectivity index (χ0) is 31.6. The highest BCUT2D eigenvalue weighted by Gasteiger charge is 2.17. The van der Waals surface area contributed by atoms with E-state index in [0.29, 0.717) is 0 Å². The van der Waals surface area contributed by atoms with Gasteiger partial charge in [0.1, 0.15) is 26.2 Å². The molecule has 0 fully saturated rings. The molecule has 5 nitrogen and oxygen atoms in total. The molecule has 2 atom stereocenters. The van der Waals surface area contributed by atoms with Gasteiger partial charge in [-0.25, -0.2) is 0 Å². The first-order valence-corrected chi connectivity index (χ1v) is 18.3. The first kappa shape index (κ1) is 41.7. The molecule has 0 aliphatic rings. The molecule has 0 aromatic rings. The first-order valence-electron chi connectivity index (χ1n) is 18.3. The molecule has 0 heterocycles. The molecule has 0 saturated heterocycles. The summed E-state index contributed by atoms with van der Waals surface area (Å²) in [7, 11) is 0. The van der Waals surface area contributed by atoms with Gasteiger partial charge in [0.2, 0.25) is 0 Å². The standard InChI is InChI=1S/C38H70O5/c1-5-9-13-17-21-23-27-35(31-39)37(29-25-19-15-11-7-3)42-33-41-34-43-38(30-26-20-16-12-8-4)36(32-40)28-24-22-18-14-10-6-2/h27-28,31-32,37-38H,5-26,29-30,33-34H2,1-4H3. The molecule has 0 N–H and O–H groups in total. The van der Waals surface area contributed by atoms with Crippen LogP contribution in [0.25, 0.3) is 0 Å². The van der Waals surface area contributed by atoms with Gasteiger partial charge in [0.15, 0.2) is 0 Å². The Bertz CT molecular complexity index is 615. The number of carbonyl (C=O) groups is 2. The maximum atomic E-state index is 12.0. The highest BCUT2D eigenvalue weighted by atomic mass is 16.7. The molecular formula is C38H70O5. The van der Waals surface area contributed by atoms with Crippen molar-refractivity contribution in [1.29, 1.82) is 0 Å². The topological polar surface area (TPSA) is 61.8 Å². The lowest BCUT2D eigenvalue weighted by molar-refractivity contribution is -0.157. The zero-order valence-electron chi connectivity index (χ0n) is 28.9. The van der Waals surface area contributed by atoms with E-state index in [9.17, 15) is 9.59 Å². The molecule has 5 heteroatoms. The highest BCUT2D eigenvalue weighted by molar-refractivity contribution is 5.75. The molecule has 0 aromatic carbocycles. The average Bonchev–Trinajstić information content (AvgIpc) is 3.02. The average molecular weight is 607 g/mol. The van der Waals surface area contributed by atoms with Gasteiger partial charge in [-0.1, -0.05) is 155 Å². The van der Waals surface area contributed by atoms with E-state index in [1.54, 1.807) is 0 Å². The number of unbranched alkanes of at least 4 members (excludes halogenated alkanes) is 18. The highest BCUT2D eigenvalue weighted by Crippen LogP contribution is 2.19. The normalized spacial score (nSPS) is 13.8. The van der Waals surface area contributed by atoms with Crippen molar-refractivity contribution in [3.05, 3.63) is 23.3 Å². The van der Waals surface area contributed by atoms with E-state index >= 15 is 0 Å². The molecule has 0 aliphatic carbocycles. The van der Waals surface area contributed by atoms with Crippen LogP contribution < -0.4 is 0 Å². The minimum atomic E-state index is -0.248. The third-order valence-electron chi connectivity index (χ3n) is 8.24. The fourth-order valence-electron chi connectivity index (χ4n) is 5.40. The SMILES string of the molecule is CCCCCCCC=C(C=O)C(CCCCCCC)OCOCOC(CCCCCCC)C(C=O)=CCCCCCCC. The number of allylic oxidation sites excluding steroid dienone is 2. The second-order valence-corrected chi connectivity index (χ2v) is 12.2.